The van der Waals surface area contributed by atoms with Gasteiger partial charge in [-0.3, -0.25) is 9.78 Å². The summed E-state index contributed by atoms with van der Waals surface area (Å²) >= 11 is 1.81. The number of aryl methyl sites for hydroxylation is 2. The fourth-order valence-electron chi connectivity index (χ4n) is 4.17. The van der Waals surface area contributed by atoms with Crippen molar-refractivity contribution in [1.82, 2.24) is 20.3 Å². The van der Waals surface area contributed by atoms with E-state index in [0.29, 0.717) is 6.42 Å². The lowest BCUT2D eigenvalue weighted by atomic mass is 9.97. The molecule has 0 bridgehead atoms. The van der Waals surface area contributed by atoms with Gasteiger partial charge in [-0.2, -0.15) is 0 Å². The van der Waals surface area contributed by atoms with E-state index in [0.717, 1.165) is 54.3 Å². The summed E-state index contributed by atoms with van der Waals surface area (Å²) < 4.78 is 0. The third-order valence-corrected chi connectivity index (χ3v) is 6.79. The minimum atomic E-state index is 0.167. The summed E-state index contributed by atoms with van der Waals surface area (Å²) in [5.74, 6) is 1.81. The first-order valence-electron chi connectivity index (χ1n) is 10.0. The van der Waals surface area contributed by atoms with Gasteiger partial charge in [-0.25, -0.2) is 9.97 Å². The van der Waals surface area contributed by atoms with Gasteiger partial charge in [-0.05, 0) is 56.2 Å². The standard InChI is InChI=1S/C21H23N5OS/c27-17-8-7-14(24-17)9-11-23-20-18-15-5-1-2-6-16(15)28-21(18)26-19(25-20)13-4-3-10-22-12-13/h3-4,10,12,14H,1-2,5-9,11H2,(H,24,27)(H,23,25,26)/t14-/m0/s1. The highest BCUT2D eigenvalue weighted by atomic mass is 32.1. The first-order chi connectivity index (χ1) is 13.8. The number of pyridine rings is 1. The number of amides is 1. The molecule has 144 valence electrons. The summed E-state index contributed by atoms with van der Waals surface area (Å²) in [6.07, 6.45) is 10.8. The molecule has 5 rings (SSSR count). The van der Waals surface area contributed by atoms with Crippen LogP contribution in [0.25, 0.3) is 21.6 Å². The molecule has 2 aliphatic rings. The zero-order valence-corrected chi connectivity index (χ0v) is 16.5. The molecule has 1 saturated heterocycles. The van der Waals surface area contributed by atoms with Crippen molar-refractivity contribution in [2.45, 2.75) is 51.0 Å². The number of carbonyl (C=O) groups excluding carboxylic acids is 1. The zero-order valence-electron chi connectivity index (χ0n) is 15.7. The van der Waals surface area contributed by atoms with E-state index < -0.39 is 0 Å². The minimum absolute atomic E-state index is 0.167. The van der Waals surface area contributed by atoms with Crippen LogP contribution in [0, 0.1) is 0 Å². The van der Waals surface area contributed by atoms with Crippen LogP contribution in [0.1, 0.15) is 42.5 Å². The van der Waals surface area contributed by atoms with Crippen LogP contribution >= 0.6 is 11.3 Å². The Morgan fingerprint density at radius 3 is 2.96 bits per heavy atom. The molecule has 4 heterocycles. The molecule has 1 amide bonds. The molecule has 1 aliphatic carbocycles. The summed E-state index contributed by atoms with van der Waals surface area (Å²) in [4.78, 5) is 27.9. The molecule has 1 atom stereocenters. The van der Waals surface area contributed by atoms with Crippen LogP contribution in [-0.4, -0.2) is 33.4 Å². The number of thiophene rings is 1. The highest BCUT2D eigenvalue weighted by molar-refractivity contribution is 7.19. The van der Waals surface area contributed by atoms with Crippen molar-refractivity contribution in [3.63, 3.8) is 0 Å². The molecular weight excluding hydrogens is 370 g/mol. The Kier molecular flexibility index (Phi) is 4.68. The van der Waals surface area contributed by atoms with Crippen LogP contribution in [0.5, 0.6) is 0 Å². The molecule has 0 unspecified atom stereocenters. The van der Waals surface area contributed by atoms with E-state index in [9.17, 15) is 4.79 Å². The maximum atomic E-state index is 11.4. The predicted molar refractivity (Wildman–Crippen MR) is 112 cm³/mol. The van der Waals surface area contributed by atoms with Crippen molar-refractivity contribution in [2.75, 3.05) is 11.9 Å². The van der Waals surface area contributed by atoms with Gasteiger partial charge in [0.2, 0.25) is 5.91 Å². The van der Waals surface area contributed by atoms with Crippen LogP contribution < -0.4 is 10.6 Å². The molecule has 1 fully saturated rings. The number of hydrogen-bond acceptors (Lipinski definition) is 6. The van der Waals surface area contributed by atoms with Gasteiger partial charge in [0.15, 0.2) is 5.82 Å². The molecule has 3 aromatic rings. The van der Waals surface area contributed by atoms with Gasteiger partial charge in [0, 0.05) is 41.8 Å². The van der Waals surface area contributed by atoms with E-state index in [-0.39, 0.29) is 11.9 Å². The van der Waals surface area contributed by atoms with Gasteiger partial charge in [-0.15, -0.1) is 11.3 Å². The smallest absolute Gasteiger partial charge is 0.220 e. The van der Waals surface area contributed by atoms with Crippen molar-refractivity contribution < 1.29 is 4.79 Å². The molecule has 0 radical (unpaired) electrons. The van der Waals surface area contributed by atoms with Crippen molar-refractivity contribution >= 4 is 33.3 Å². The summed E-state index contributed by atoms with van der Waals surface area (Å²) in [5.41, 5.74) is 2.36. The number of nitrogens with one attached hydrogen (secondary N) is 2. The molecule has 28 heavy (non-hydrogen) atoms. The monoisotopic (exact) mass is 393 g/mol. The summed E-state index contributed by atoms with van der Waals surface area (Å²) in [5, 5.41) is 7.80. The molecule has 6 nitrogen and oxygen atoms in total. The van der Waals surface area contributed by atoms with Crippen molar-refractivity contribution in [3.05, 3.63) is 35.0 Å². The largest absolute Gasteiger partial charge is 0.369 e. The zero-order chi connectivity index (χ0) is 18.9. The summed E-state index contributed by atoms with van der Waals surface area (Å²) in [6, 6.07) is 4.18. The second kappa shape index (κ2) is 7.47. The number of carbonyl (C=O) groups is 1. The molecule has 0 spiro atoms. The second-order valence-corrected chi connectivity index (χ2v) is 8.63. The lowest BCUT2D eigenvalue weighted by molar-refractivity contribution is -0.119. The topological polar surface area (TPSA) is 79.8 Å². The lowest BCUT2D eigenvalue weighted by Gasteiger charge is -2.15. The quantitative estimate of drug-likeness (QED) is 0.691. The first-order valence-corrected chi connectivity index (χ1v) is 10.9. The van der Waals surface area contributed by atoms with Crippen LogP contribution in [0.15, 0.2) is 24.5 Å². The third-order valence-electron chi connectivity index (χ3n) is 5.60. The van der Waals surface area contributed by atoms with Crippen molar-refractivity contribution in [1.29, 1.82) is 0 Å². The lowest BCUT2D eigenvalue weighted by Crippen LogP contribution is -2.27. The van der Waals surface area contributed by atoms with Crippen LogP contribution in [-0.2, 0) is 17.6 Å². The van der Waals surface area contributed by atoms with Gasteiger partial charge >= 0.3 is 0 Å². The molecule has 0 aromatic carbocycles. The normalized spacial score (nSPS) is 18.9. The average molecular weight is 394 g/mol. The highest BCUT2D eigenvalue weighted by Crippen LogP contribution is 2.39. The Labute approximate surface area is 167 Å². The minimum Gasteiger partial charge on any atom is -0.369 e. The van der Waals surface area contributed by atoms with Gasteiger partial charge < -0.3 is 10.6 Å². The van der Waals surface area contributed by atoms with Gasteiger partial charge in [-0.1, -0.05) is 0 Å². The van der Waals surface area contributed by atoms with Crippen molar-refractivity contribution in [3.8, 4) is 11.4 Å². The molecule has 1 aliphatic heterocycles. The van der Waals surface area contributed by atoms with Crippen LogP contribution in [0.4, 0.5) is 5.82 Å². The Morgan fingerprint density at radius 1 is 1.21 bits per heavy atom. The van der Waals surface area contributed by atoms with E-state index >= 15 is 0 Å². The number of fused-ring (bicyclic) bond motifs is 3. The maximum Gasteiger partial charge on any atom is 0.220 e. The average Bonchev–Trinajstić information content (AvgIpc) is 3.31. The molecular formula is C21H23N5OS. The molecule has 0 saturated carbocycles. The third kappa shape index (κ3) is 3.35. The number of rotatable bonds is 5. The van der Waals surface area contributed by atoms with E-state index in [1.54, 1.807) is 6.20 Å². The maximum absolute atomic E-state index is 11.4. The Balaban J connectivity index is 1.49. The fraction of sp³-hybridized carbons (Fsp3) is 0.429. The number of aromatic nitrogens is 3. The number of anilines is 1. The Hall–Kier alpha value is -2.54. The highest BCUT2D eigenvalue weighted by Gasteiger charge is 2.23. The van der Waals surface area contributed by atoms with Crippen LogP contribution in [0.3, 0.4) is 0 Å². The molecule has 3 aromatic heterocycles. The number of nitrogens with zero attached hydrogens (tertiary/aromatic N) is 3. The van der Waals surface area contributed by atoms with E-state index in [1.807, 2.05) is 29.7 Å². The summed E-state index contributed by atoms with van der Waals surface area (Å²) in [7, 11) is 0. The Morgan fingerprint density at radius 2 is 2.14 bits per heavy atom. The van der Waals surface area contributed by atoms with Gasteiger partial charge in [0.1, 0.15) is 10.6 Å². The number of hydrogen-bond donors (Lipinski definition) is 2. The SMILES string of the molecule is O=C1CC[C@@H](CCNc2nc(-c3cccnc3)nc3sc4c(c23)CCCC4)N1. The van der Waals surface area contributed by atoms with Crippen molar-refractivity contribution in [2.24, 2.45) is 0 Å². The summed E-state index contributed by atoms with van der Waals surface area (Å²) in [6.45, 7) is 0.786. The molecule has 2 N–H and O–H groups in total. The molecule has 7 heteroatoms. The second-order valence-electron chi connectivity index (χ2n) is 7.55. The van der Waals surface area contributed by atoms with Gasteiger partial charge in [0.05, 0.1) is 5.39 Å². The van der Waals surface area contributed by atoms with Crippen LogP contribution in [0.2, 0.25) is 0 Å². The first kappa shape index (κ1) is 17.6. The predicted octanol–water partition coefficient (Wildman–Crippen LogP) is 3.71. The Bertz CT molecular complexity index is 1020. The fourth-order valence-corrected chi connectivity index (χ4v) is 5.43. The van der Waals surface area contributed by atoms with E-state index in [4.69, 9.17) is 9.97 Å². The van der Waals surface area contributed by atoms with E-state index in [2.05, 4.69) is 15.6 Å². The van der Waals surface area contributed by atoms with E-state index in [1.165, 1.54) is 28.7 Å². The van der Waals surface area contributed by atoms with Gasteiger partial charge in [0.25, 0.3) is 0 Å².